The molecule has 2 N–H and O–H groups in total. The van der Waals surface area contributed by atoms with E-state index in [2.05, 4.69) is 16.3 Å². The molecular formula is C18H17N5O2S2. The van der Waals surface area contributed by atoms with Crippen LogP contribution in [0.3, 0.4) is 0 Å². The first kappa shape index (κ1) is 17.8. The van der Waals surface area contributed by atoms with Gasteiger partial charge in [-0.05, 0) is 38.2 Å². The van der Waals surface area contributed by atoms with Crippen LogP contribution in [0.4, 0.5) is 5.13 Å². The Balaban J connectivity index is 1.94. The van der Waals surface area contributed by atoms with Gasteiger partial charge in [-0.1, -0.05) is 23.1 Å². The number of thioether (sulfide) groups is 1. The molecule has 1 unspecified atom stereocenters. The van der Waals surface area contributed by atoms with Gasteiger partial charge in [0.25, 0.3) is 0 Å². The van der Waals surface area contributed by atoms with E-state index >= 15 is 0 Å². The van der Waals surface area contributed by atoms with Crippen molar-refractivity contribution >= 4 is 34.0 Å². The van der Waals surface area contributed by atoms with Crippen molar-refractivity contribution in [2.45, 2.75) is 36.4 Å². The third-order valence-electron chi connectivity index (χ3n) is 4.72. The lowest BCUT2D eigenvalue weighted by atomic mass is 9.78. The minimum atomic E-state index is -0.573. The maximum absolute atomic E-state index is 12.9. The number of nitrogens with two attached hydrogens (primary N) is 1. The van der Waals surface area contributed by atoms with E-state index in [1.165, 1.54) is 23.1 Å². The quantitative estimate of drug-likeness (QED) is 0.782. The fraction of sp³-hybridized carbons (Fsp3) is 0.333. The van der Waals surface area contributed by atoms with Gasteiger partial charge in [0.15, 0.2) is 10.1 Å². The zero-order chi connectivity index (χ0) is 19.1. The van der Waals surface area contributed by atoms with Gasteiger partial charge in [-0.2, -0.15) is 5.26 Å². The predicted octanol–water partition coefficient (Wildman–Crippen LogP) is 3.47. The van der Waals surface area contributed by atoms with Crippen molar-refractivity contribution < 1.29 is 9.21 Å². The van der Waals surface area contributed by atoms with Crippen LogP contribution in [0.15, 0.2) is 43.6 Å². The predicted molar refractivity (Wildman–Crippen MR) is 103 cm³/mol. The molecule has 0 spiro atoms. The highest BCUT2D eigenvalue weighted by atomic mass is 32.2. The molecule has 7 nitrogen and oxygen atoms in total. The SMILES string of the molecule is CSc1nnc(N2C(N)=C(C#N)C(c3ccc(C)o3)C3=C2CCCC3=O)s1. The number of aryl methyl sites for hydroxylation is 1. The molecule has 1 aliphatic heterocycles. The number of hydrogen-bond acceptors (Lipinski definition) is 9. The van der Waals surface area contributed by atoms with Crippen LogP contribution in [0.5, 0.6) is 0 Å². The summed E-state index contributed by atoms with van der Waals surface area (Å²) in [4.78, 5) is 14.6. The van der Waals surface area contributed by atoms with Crippen LogP contribution in [-0.2, 0) is 4.79 Å². The van der Waals surface area contributed by atoms with Gasteiger partial charge in [-0.15, -0.1) is 10.2 Å². The second-order valence-electron chi connectivity index (χ2n) is 6.32. The first-order chi connectivity index (χ1) is 13.0. The van der Waals surface area contributed by atoms with Crippen LogP contribution in [0, 0.1) is 18.3 Å². The molecule has 0 radical (unpaired) electrons. The van der Waals surface area contributed by atoms with Crippen LogP contribution < -0.4 is 10.6 Å². The van der Waals surface area contributed by atoms with E-state index in [0.29, 0.717) is 34.9 Å². The van der Waals surface area contributed by atoms with Crippen LogP contribution in [-0.4, -0.2) is 22.2 Å². The van der Waals surface area contributed by atoms with E-state index in [0.717, 1.165) is 22.2 Å². The zero-order valence-corrected chi connectivity index (χ0v) is 16.5. The zero-order valence-electron chi connectivity index (χ0n) is 14.9. The Kier molecular flexibility index (Phi) is 4.53. The highest BCUT2D eigenvalue weighted by molar-refractivity contribution is 8.00. The first-order valence-electron chi connectivity index (χ1n) is 8.45. The monoisotopic (exact) mass is 399 g/mol. The molecule has 3 heterocycles. The van der Waals surface area contributed by atoms with Gasteiger partial charge in [0.1, 0.15) is 17.3 Å². The maximum atomic E-state index is 12.9. The Bertz CT molecular complexity index is 1030. The van der Waals surface area contributed by atoms with Crippen molar-refractivity contribution in [1.82, 2.24) is 10.2 Å². The minimum Gasteiger partial charge on any atom is -0.465 e. The van der Waals surface area contributed by atoms with Crippen LogP contribution in [0.1, 0.15) is 36.7 Å². The van der Waals surface area contributed by atoms with Crippen molar-refractivity contribution in [3.63, 3.8) is 0 Å². The van der Waals surface area contributed by atoms with Crippen molar-refractivity contribution in [3.8, 4) is 6.07 Å². The molecule has 1 aliphatic carbocycles. The number of Topliss-reactive ketones (excluding diaryl/α,β-unsaturated/α-hetero) is 1. The van der Waals surface area contributed by atoms with E-state index in [1.807, 2.05) is 25.3 Å². The van der Waals surface area contributed by atoms with Crippen molar-refractivity contribution in [1.29, 1.82) is 5.26 Å². The molecule has 0 aromatic carbocycles. The van der Waals surface area contributed by atoms with E-state index in [-0.39, 0.29) is 11.6 Å². The van der Waals surface area contributed by atoms with Gasteiger partial charge in [0.2, 0.25) is 5.13 Å². The lowest BCUT2D eigenvalue weighted by molar-refractivity contribution is -0.116. The molecule has 0 bridgehead atoms. The second kappa shape index (κ2) is 6.87. The largest absolute Gasteiger partial charge is 0.465 e. The molecule has 2 aromatic rings. The third-order valence-corrected chi connectivity index (χ3v) is 6.60. The number of ketones is 1. The molecule has 9 heteroatoms. The average Bonchev–Trinajstić information content (AvgIpc) is 3.30. The molecule has 2 aromatic heterocycles. The molecular weight excluding hydrogens is 382 g/mol. The molecule has 4 rings (SSSR count). The number of nitriles is 1. The van der Waals surface area contributed by atoms with E-state index < -0.39 is 5.92 Å². The fourth-order valence-corrected chi connectivity index (χ4v) is 4.87. The number of rotatable bonds is 3. The Morgan fingerprint density at radius 1 is 1.41 bits per heavy atom. The lowest BCUT2D eigenvalue weighted by Crippen LogP contribution is -2.38. The van der Waals surface area contributed by atoms with E-state index in [4.69, 9.17) is 10.2 Å². The summed E-state index contributed by atoms with van der Waals surface area (Å²) in [5.41, 5.74) is 8.12. The number of anilines is 1. The minimum absolute atomic E-state index is 0.0233. The smallest absolute Gasteiger partial charge is 0.219 e. The summed E-state index contributed by atoms with van der Waals surface area (Å²) >= 11 is 2.88. The summed E-state index contributed by atoms with van der Waals surface area (Å²) in [5, 5.41) is 18.8. The van der Waals surface area contributed by atoms with Gasteiger partial charge in [0.05, 0.1) is 17.6 Å². The molecule has 2 aliphatic rings. The number of aromatic nitrogens is 2. The van der Waals surface area contributed by atoms with E-state index in [1.54, 1.807) is 4.90 Å². The molecule has 0 saturated heterocycles. The number of carbonyl (C=O) groups is 1. The Morgan fingerprint density at radius 3 is 2.85 bits per heavy atom. The molecule has 1 atom stereocenters. The first-order valence-corrected chi connectivity index (χ1v) is 10.5. The standard InChI is InChI=1S/C18H17N5O2S2/c1-9-6-7-13(25-9)14-10(8-19)16(20)23(17-21-22-18(26-2)27-17)11-4-3-5-12(24)15(11)14/h6-7,14H,3-5,20H2,1-2H3. The normalized spacial score (nSPS) is 20.1. The van der Waals surface area contributed by atoms with Gasteiger partial charge >= 0.3 is 0 Å². The summed E-state index contributed by atoms with van der Waals surface area (Å²) in [6.07, 6.45) is 3.80. The van der Waals surface area contributed by atoms with E-state index in [9.17, 15) is 10.1 Å². The number of furan rings is 1. The molecule has 0 saturated carbocycles. The van der Waals surface area contributed by atoms with Crippen molar-refractivity contribution in [2.24, 2.45) is 5.73 Å². The highest BCUT2D eigenvalue weighted by Crippen LogP contribution is 2.47. The van der Waals surface area contributed by atoms with Crippen LogP contribution in [0.2, 0.25) is 0 Å². The summed E-state index contributed by atoms with van der Waals surface area (Å²) in [7, 11) is 0. The number of nitrogens with zero attached hydrogens (tertiary/aromatic N) is 4. The Labute approximate surface area is 164 Å². The number of carbonyl (C=O) groups excluding carboxylic acids is 1. The fourth-order valence-electron chi connectivity index (χ4n) is 3.57. The average molecular weight is 400 g/mol. The summed E-state index contributed by atoms with van der Waals surface area (Å²) in [5.74, 6) is 1.03. The Morgan fingerprint density at radius 2 is 2.22 bits per heavy atom. The summed E-state index contributed by atoms with van der Waals surface area (Å²) in [6, 6.07) is 5.84. The summed E-state index contributed by atoms with van der Waals surface area (Å²) < 4.78 is 6.58. The van der Waals surface area contributed by atoms with Crippen LogP contribution >= 0.6 is 23.1 Å². The molecule has 0 amide bonds. The Hall–Kier alpha value is -2.57. The molecule has 27 heavy (non-hydrogen) atoms. The summed E-state index contributed by atoms with van der Waals surface area (Å²) in [6.45, 7) is 1.83. The van der Waals surface area contributed by atoms with Crippen LogP contribution in [0.25, 0.3) is 0 Å². The lowest BCUT2D eigenvalue weighted by Gasteiger charge is -2.37. The molecule has 138 valence electrons. The third kappa shape index (κ3) is 2.85. The van der Waals surface area contributed by atoms with Gasteiger partial charge in [0, 0.05) is 17.7 Å². The topological polar surface area (TPSA) is 109 Å². The second-order valence-corrected chi connectivity index (χ2v) is 8.33. The van der Waals surface area contributed by atoms with Gasteiger partial charge < -0.3 is 10.2 Å². The van der Waals surface area contributed by atoms with Crippen molar-refractivity contribution in [3.05, 3.63) is 46.3 Å². The number of allylic oxidation sites excluding steroid dienone is 3. The maximum Gasteiger partial charge on any atom is 0.219 e. The van der Waals surface area contributed by atoms with Gasteiger partial charge in [-0.3, -0.25) is 9.69 Å². The number of hydrogen-bond donors (Lipinski definition) is 1. The highest BCUT2D eigenvalue weighted by Gasteiger charge is 2.42. The van der Waals surface area contributed by atoms with Gasteiger partial charge in [-0.25, -0.2) is 0 Å². The molecule has 0 fully saturated rings. The van der Waals surface area contributed by atoms with Crippen molar-refractivity contribution in [2.75, 3.05) is 11.2 Å².